The first kappa shape index (κ1) is 14.2. The minimum Gasteiger partial charge on any atom is -0.480 e. The molecule has 1 rings (SSSR count). The maximum absolute atomic E-state index is 11.7. The van der Waals surface area contributed by atoms with Crippen LogP contribution in [0.1, 0.15) is 25.0 Å². The second kappa shape index (κ2) is 5.67. The lowest BCUT2D eigenvalue weighted by molar-refractivity contribution is -0.153. The van der Waals surface area contributed by atoms with Crippen LogP contribution in [-0.4, -0.2) is 23.5 Å². The summed E-state index contributed by atoms with van der Waals surface area (Å²) in [5, 5.41) is 11.6. The average Bonchev–Trinajstić information content (AvgIpc) is 2.28. The molecule has 2 N–H and O–H groups in total. The summed E-state index contributed by atoms with van der Waals surface area (Å²) in [4.78, 5) is 22.6. The van der Waals surface area contributed by atoms with Gasteiger partial charge in [-0.3, -0.25) is 9.59 Å². The largest absolute Gasteiger partial charge is 0.480 e. The number of amides is 1. The quantitative estimate of drug-likeness (QED) is 0.781. The molecule has 0 fully saturated rings. The van der Waals surface area contributed by atoms with E-state index in [2.05, 4.69) is 11.4 Å². The van der Waals surface area contributed by atoms with Crippen molar-refractivity contribution in [1.29, 1.82) is 0 Å². The standard InChI is InChI=1S/C14H19NO3/c1-10-5-4-6-11(9-10)7-8-15-12(16)14(2,3)13(17)18/h4-6,9H,7-8H2,1-3H3,(H,15,16)(H,17,18). The molecule has 98 valence electrons. The van der Waals surface area contributed by atoms with Crippen LogP contribution < -0.4 is 5.32 Å². The maximum Gasteiger partial charge on any atom is 0.318 e. The lowest BCUT2D eigenvalue weighted by Crippen LogP contribution is -2.43. The molecular formula is C14H19NO3. The third-order valence-electron chi connectivity index (χ3n) is 2.88. The number of aliphatic carboxylic acids is 1. The molecule has 0 spiro atoms. The van der Waals surface area contributed by atoms with Crippen molar-refractivity contribution in [2.24, 2.45) is 5.41 Å². The topological polar surface area (TPSA) is 66.4 Å². The molecule has 1 aromatic rings. The Morgan fingerprint density at radius 3 is 2.56 bits per heavy atom. The van der Waals surface area contributed by atoms with Gasteiger partial charge in [-0.05, 0) is 32.8 Å². The number of hydrogen-bond acceptors (Lipinski definition) is 2. The van der Waals surface area contributed by atoms with E-state index in [0.717, 1.165) is 5.56 Å². The molecule has 0 heterocycles. The summed E-state index contributed by atoms with van der Waals surface area (Å²) < 4.78 is 0. The molecule has 0 bridgehead atoms. The van der Waals surface area contributed by atoms with Crippen LogP contribution in [-0.2, 0) is 16.0 Å². The predicted molar refractivity (Wildman–Crippen MR) is 69.3 cm³/mol. The van der Waals surface area contributed by atoms with Crippen molar-refractivity contribution in [2.45, 2.75) is 27.2 Å². The Kier molecular flexibility index (Phi) is 4.48. The van der Waals surface area contributed by atoms with Gasteiger partial charge in [0.15, 0.2) is 0 Å². The van der Waals surface area contributed by atoms with Crippen LogP contribution in [0.5, 0.6) is 0 Å². The summed E-state index contributed by atoms with van der Waals surface area (Å²) in [5.74, 6) is -1.57. The number of hydrogen-bond donors (Lipinski definition) is 2. The number of aryl methyl sites for hydroxylation is 1. The van der Waals surface area contributed by atoms with Crippen molar-refractivity contribution < 1.29 is 14.7 Å². The molecule has 4 nitrogen and oxygen atoms in total. The van der Waals surface area contributed by atoms with E-state index in [1.165, 1.54) is 19.4 Å². The second-order valence-corrected chi connectivity index (χ2v) is 4.93. The zero-order chi connectivity index (χ0) is 13.8. The fourth-order valence-corrected chi connectivity index (χ4v) is 1.51. The van der Waals surface area contributed by atoms with Gasteiger partial charge < -0.3 is 10.4 Å². The smallest absolute Gasteiger partial charge is 0.318 e. The second-order valence-electron chi connectivity index (χ2n) is 4.93. The van der Waals surface area contributed by atoms with Gasteiger partial charge in [0.25, 0.3) is 0 Å². The van der Waals surface area contributed by atoms with Crippen molar-refractivity contribution in [3.05, 3.63) is 35.4 Å². The van der Waals surface area contributed by atoms with Crippen LogP contribution in [0, 0.1) is 12.3 Å². The molecule has 0 aromatic heterocycles. The highest BCUT2D eigenvalue weighted by molar-refractivity contribution is 6.00. The van der Waals surface area contributed by atoms with E-state index in [0.29, 0.717) is 13.0 Å². The molecule has 0 radical (unpaired) electrons. The molecule has 0 saturated carbocycles. The van der Waals surface area contributed by atoms with Gasteiger partial charge in [0.05, 0.1) is 0 Å². The molecule has 4 heteroatoms. The van der Waals surface area contributed by atoms with Crippen molar-refractivity contribution in [1.82, 2.24) is 5.32 Å². The molecule has 1 amide bonds. The monoisotopic (exact) mass is 249 g/mol. The van der Waals surface area contributed by atoms with Crippen LogP contribution in [0.2, 0.25) is 0 Å². The number of carbonyl (C=O) groups excluding carboxylic acids is 1. The molecule has 0 aliphatic carbocycles. The van der Waals surface area contributed by atoms with Gasteiger partial charge >= 0.3 is 5.97 Å². The SMILES string of the molecule is Cc1cccc(CCNC(=O)C(C)(C)C(=O)O)c1. The van der Waals surface area contributed by atoms with E-state index in [1.807, 2.05) is 25.1 Å². The zero-order valence-corrected chi connectivity index (χ0v) is 11.0. The lowest BCUT2D eigenvalue weighted by Gasteiger charge is -2.18. The fourth-order valence-electron chi connectivity index (χ4n) is 1.51. The van der Waals surface area contributed by atoms with E-state index in [4.69, 9.17) is 5.11 Å². The first-order chi connectivity index (χ1) is 8.34. The predicted octanol–water partition coefficient (Wildman–Crippen LogP) is 1.76. The minimum atomic E-state index is -1.38. The molecular weight excluding hydrogens is 230 g/mol. The van der Waals surface area contributed by atoms with E-state index in [1.54, 1.807) is 0 Å². The minimum absolute atomic E-state index is 0.443. The van der Waals surface area contributed by atoms with Gasteiger partial charge in [-0.1, -0.05) is 29.8 Å². The van der Waals surface area contributed by atoms with Gasteiger partial charge in [-0.15, -0.1) is 0 Å². The van der Waals surface area contributed by atoms with Crippen LogP contribution >= 0.6 is 0 Å². The van der Waals surface area contributed by atoms with Crippen molar-refractivity contribution in [3.63, 3.8) is 0 Å². The highest BCUT2D eigenvalue weighted by Crippen LogP contribution is 2.14. The number of benzene rings is 1. The summed E-state index contributed by atoms with van der Waals surface area (Å²) in [6.07, 6.45) is 0.698. The number of carboxylic acid groups (broad SMARTS) is 1. The van der Waals surface area contributed by atoms with Gasteiger partial charge in [-0.2, -0.15) is 0 Å². The highest BCUT2D eigenvalue weighted by Gasteiger charge is 2.35. The molecule has 1 aromatic carbocycles. The Balaban J connectivity index is 2.48. The Hall–Kier alpha value is -1.84. The van der Waals surface area contributed by atoms with Crippen molar-refractivity contribution in [2.75, 3.05) is 6.54 Å². The number of carboxylic acids is 1. The third-order valence-corrected chi connectivity index (χ3v) is 2.88. The van der Waals surface area contributed by atoms with E-state index < -0.39 is 17.3 Å². The Bertz CT molecular complexity index is 452. The van der Waals surface area contributed by atoms with E-state index >= 15 is 0 Å². The van der Waals surface area contributed by atoms with Crippen LogP contribution in [0.15, 0.2) is 24.3 Å². The van der Waals surface area contributed by atoms with Crippen LogP contribution in [0.3, 0.4) is 0 Å². The number of nitrogens with one attached hydrogen (secondary N) is 1. The normalized spacial score (nSPS) is 11.1. The van der Waals surface area contributed by atoms with Gasteiger partial charge in [0.1, 0.15) is 5.41 Å². The maximum atomic E-state index is 11.7. The molecule has 18 heavy (non-hydrogen) atoms. The number of rotatable bonds is 5. The molecule has 0 aliphatic heterocycles. The molecule has 0 saturated heterocycles. The Morgan fingerprint density at radius 2 is 2.00 bits per heavy atom. The van der Waals surface area contributed by atoms with Gasteiger partial charge in [0, 0.05) is 6.54 Å². The summed E-state index contributed by atoms with van der Waals surface area (Å²) in [6, 6.07) is 8.01. The van der Waals surface area contributed by atoms with Crippen molar-refractivity contribution in [3.8, 4) is 0 Å². The summed E-state index contributed by atoms with van der Waals surface area (Å²) in [6.45, 7) is 5.25. The summed E-state index contributed by atoms with van der Waals surface area (Å²) in [5.41, 5.74) is 0.917. The molecule has 0 atom stereocenters. The first-order valence-electron chi connectivity index (χ1n) is 5.91. The zero-order valence-electron chi connectivity index (χ0n) is 11.0. The van der Waals surface area contributed by atoms with E-state index in [-0.39, 0.29) is 0 Å². The molecule has 0 unspecified atom stereocenters. The average molecular weight is 249 g/mol. The van der Waals surface area contributed by atoms with E-state index in [9.17, 15) is 9.59 Å². The highest BCUT2D eigenvalue weighted by atomic mass is 16.4. The van der Waals surface area contributed by atoms with Crippen LogP contribution in [0.25, 0.3) is 0 Å². The van der Waals surface area contributed by atoms with Crippen molar-refractivity contribution >= 4 is 11.9 Å². The number of carbonyl (C=O) groups is 2. The lowest BCUT2D eigenvalue weighted by atomic mass is 9.92. The van der Waals surface area contributed by atoms with Gasteiger partial charge in [0.2, 0.25) is 5.91 Å². The Morgan fingerprint density at radius 1 is 1.33 bits per heavy atom. The Labute approximate surface area is 107 Å². The molecule has 0 aliphatic rings. The van der Waals surface area contributed by atoms with Crippen LogP contribution in [0.4, 0.5) is 0 Å². The fraction of sp³-hybridized carbons (Fsp3) is 0.429. The first-order valence-corrected chi connectivity index (χ1v) is 5.91. The summed E-state index contributed by atoms with van der Waals surface area (Å²) >= 11 is 0. The van der Waals surface area contributed by atoms with Gasteiger partial charge in [-0.25, -0.2) is 0 Å². The third kappa shape index (κ3) is 3.58. The summed E-state index contributed by atoms with van der Waals surface area (Å²) in [7, 11) is 0.